The summed E-state index contributed by atoms with van der Waals surface area (Å²) >= 11 is 5.79. The predicted molar refractivity (Wildman–Crippen MR) is 104 cm³/mol. The standard InChI is InChI=1S/C20H26ClF2N3O2/c21-16-8-15(9-17(23)10-16)20(28)24-12-14-3-6-25(7-4-14)13-19(27)26-5-1-2-18(26)11-22/h8-10,14,18H,1-7,11-13H2,(H,24,28)/t18-/m0/s1. The fourth-order valence-electron chi connectivity index (χ4n) is 3.98. The third-order valence-electron chi connectivity index (χ3n) is 5.62. The van der Waals surface area contributed by atoms with E-state index in [9.17, 15) is 18.4 Å². The number of nitrogens with one attached hydrogen (secondary N) is 1. The molecule has 2 fully saturated rings. The monoisotopic (exact) mass is 413 g/mol. The van der Waals surface area contributed by atoms with E-state index in [1.165, 1.54) is 12.1 Å². The summed E-state index contributed by atoms with van der Waals surface area (Å²) in [5, 5.41) is 3.03. The highest BCUT2D eigenvalue weighted by Crippen LogP contribution is 2.20. The second-order valence-corrected chi connectivity index (χ2v) is 8.06. The molecule has 1 aromatic rings. The summed E-state index contributed by atoms with van der Waals surface area (Å²) in [6.45, 7) is 2.56. The van der Waals surface area contributed by atoms with E-state index in [4.69, 9.17) is 11.6 Å². The molecule has 8 heteroatoms. The Kier molecular flexibility index (Phi) is 7.24. The number of likely N-dealkylation sites (tertiary alicyclic amines) is 2. The molecule has 1 N–H and O–H groups in total. The molecule has 0 unspecified atom stereocenters. The minimum Gasteiger partial charge on any atom is -0.352 e. The van der Waals surface area contributed by atoms with Crippen LogP contribution in [0.15, 0.2) is 18.2 Å². The van der Waals surface area contributed by atoms with E-state index < -0.39 is 12.5 Å². The van der Waals surface area contributed by atoms with Crippen LogP contribution in [-0.4, -0.2) is 67.1 Å². The second-order valence-electron chi connectivity index (χ2n) is 7.63. The maximum absolute atomic E-state index is 13.4. The molecule has 1 aromatic carbocycles. The Labute approximate surface area is 169 Å². The SMILES string of the molecule is O=C(NCC1CCN(CC(=O)N2CCC[C@H]2CF)CC1)c1cc(F)cc(Cl)c1. The van der Waals surface area contributed by atoms with Crippen molar-refractivity contribution < 1.29 is 18.4 Å². The normalized spacial score (nSPS) is 21.1. The van der Waals surface area contributed by atoms with E-state index in [-0.39, 0.29) is 28.4 Å². The molecule has 28 heavy (non-hydrogen) atoms. The maximum Gasteiger partial charge on any atom is 0.251 e. The summed E-state index contributed by atoms with van der Waals surface area (Å²) in [6.07, 6.45) is 3.35. The molecule has 0 spiro atoms. The van der Waals surface area contributed by atoms with Gasteiger partial charge in [-0.3, -0.25) is 14.5 Å². The molecule has 0 aromatic heterocycles. The molecule has 1 atom stereocenters. The van der Waals surface area contributed by atoms with Crippen LogP contribution in [0.5, 0.6) is 0 Å². The first-order valence-electron chi connectivity index (χ1n) is 9.78. The van der Waals surface area contributed by atoms with Crippen molar-refractivity contribution in [2.75, 3.05) is 39.4 Å². The molecule has 0 radical (unpaired) electrons. The maximum atomic E-state index is 13.4. The molecule has 3 rings (SSSR count). The summed E-state index contributed by atoms with van der Waals surface area (Å²) in [5.41, 5.74) is 0.209. The van der Waals surface area contributed by atoms with Crippen molar-refractivity contribution in [3.63, 3.8) is 0 Å². The largest absolute Gasteiger partial charge is 0.352 e. The lowest BCUT2D eigenvalue weighted by atomic mass is 9.96. The van der Waals surface area contributed by atoms with Gasteiger partial charge in [-0.15, -0.1) is 0 Å². The molecule has 2 heterocycles. The van der Waals surface area contributed by atoms with Gasteiger partial charge in [-0.25, -0.2) is 8.78 Å². The first-order valence-corrected chi connectivity index (χ1v) is 10.2. The highest BCUT2D eigenvalue weighted by atomic mass is 35.5. The van der Waals surface area contributed by atoms with Crippen LogP contribution in [0.3, 0.4) is 0 Å². The van der Waals surface area contributed by atoms with Gasteiger partial charge >= 0.3 is 0 Å². The number of nitrogens with zero attached hydrogens (tertiary/aromatic N) is 2. The highest BCUT2D eigenvalue weighted by molar-refractivity contribution is 6.31. The Morgan fingerprint density at radius 3 is 2.57 bits per heavy atom. The number of hydrogen-bond donors (Lipinski definition) is 1. The Morgan fingerprint density at radius 1 is 1.14 bits per heavy atom. The first-order chi connectivity index (χ1) is 13.5. The van der Waals surface area contributed by atoms with E-state index >= 15 is 0 Å². The number of amides is 2. The van der Waals surface area contributed by atoms with Crippen LogP contribution in [0, 0.1) is 11.7 Å². The summed E-state index contributed by atoms with van der Waals surface area (Å²) in [7, 11) is 0. The summed E-state index contributed by atoms with van der Waals surface area (Å²) in [6, 6.07) is 3.51. The number of rotatable bonds is 6. The van der Waals surface area contributed by atoms with Crippen molar-refractivity contribution >= 4 is 23.4 Å². The van der Waals surface area contributed by atoms with Gasteiger partial charge in [0.15, 0.2) is 0 Å². The van der Waals surface area contributed by atoms with Crippen LogP contribution in [0.2, 0.25) is 5.02 Å². The summed E-state index contributed by atoms with van der Waals surface area (Å²) in [4.78, 5) is 28.4. The van der Waals surface area contributed by atoms with Crippen molar-refractivity contribution in [1.82, 2.24) is 15.1 Å². The van der Waals surface area contributed by atoms with Crippen LogP contribution >= 0.6 is 11.6 Å². The molecule has 0 saturated carbocycles. The average molecular weight is 414 g/mol. The number of benzene rings is 1. The Hall–Kier alpha value is -1.73. The molecule has 0 bridgehead atoms. The molecule has 154 valence electrons. The topological polar surface area (TPSA) is 52.7 Å². The van der Waals surface area contributed by atoms with Crippen molar-refractivity contribution in [3.05, 3.63) is 34.6 Å². The third-order valence-corrected chi connectivity index (χ3v) is 5.84. The molecule has 2 aliphatic heterocycles. The zero-order valence-corrected chi connectivity index (χ0v) is 16.6. The van der Waals surface area contributed by atoms with Crippen molar-refractivity contribution in [2.45, 2.75) is 31.7 Å². The van der Waals surface area contributed by atoms with E-state index in [1.54, 1.807) is 4.90 Å². The smallest absolute Gasteiger partial charge is 0.251 e. The number of piperidine rings is 1. The van der Waals surface area contributed by atoms with Crippen LogP contribution in [0.1, 0.15) is 36.0 Å². The van der Waals surface area contributed by atoms with Crippen molar-refractivity contribution in [2.24, 2.45) is 5.92 Å². The van der Waals surface area contributed by atoms with Crippen LogP contribution in [0.25, 0.3) is 0 Å². The van der Waals surface area contributed by atoms with Gasteiger partial charge in [-0.05, 0) is 62.9 Å². The molecule has 2 aliphatic rings. The minimum atomic E-state index is -0.538. The fraction of sp³-hybridized carbons (Fsp3) is 0.600. The molecular formula is C20H26ClF2N3O2. The summed E-state index contributed by atoms with van der Waals surface area (Å²) < 4.78 is 26.4. The number of halogens is 3. The van der Waals surface area contributed by atoms with Crippen molar-refractivity contribution in [3.8, 4) is 0 Å². The minimum absolute atomic E-state index is 0.00915. The van der Waals surface area contributed by atoms with Gasteiger partial charge in [0.05, 0.1) is 12.6 Å². The van der Waals surface area contributed by atoms with Crippen LogP contribution < -0.4 is 5.32 Å². The zero-order valence-electron chi connectivity index (χ0n) is 15.8. The molecule has 0 aliphatic carbocycles. The molecular weight excluding hydrogens is 388 g/mol. The number of alkyl halides is 1. The quantitative estimate of drug-likeness (QED) is 0.780. The van der Waals surface area contributed by atoms with E-state index in [2.05, 4.69) is 10.2 Å². The lowest BCUT2D eigenvalue weighted by Gasteiger charge is -2.33. The van der Waals surface area contributed by atoms with Gasteiger partial charge in [0.2, 0.25) is 5.91 Å². The number of hydrogen-bond acceptors (Lipinski definition) is 3. The number of carbonyl (C=O) groups excluding carboxylic acids is 2. The fourth-order valence-corrected chi connectivity index (χ4v) is 4.20. The van der Waals surface area contributed by atoms with Gasteiger partial charge in [0.1, 0.15) is 12.5 Å². The molecule has 2 amide bonds. The lowest BCUT2D eigenvalue weighted by molar-refractivity contribution is -0.133. The van der Waals surface area contributed by atoms with E-state index in [0.29, 0.717) is 25.6 Å². The predicted octanol–water partition coefficient (Wildman–Crippen LogP) is 2.88. The van der Waals surface area contributed by atoms with Crippen LogP contribution in [-0.2, 0) is 4.79 Å². The number of carbonyl (C=O) groups is 2. The van der Waals surface area contributed by atoms with Gasteiger partial charge in [-0.2, -0.15) is 0 Å². The van der Waals surface area contributed by atoms with Crippen LogP contribution in [0.4, 0.5) is 8.78 Å². The third kappa shape index (κ3) is 5.41. The molecule has 2 saturated heterocycles. The second kappa shape index (κ2) is 9.65. The first kappa shape index (κ1) is 21.0. The average Bonchev–Trinajstić information content (AvgIpc) is 3.15. The molecule has 5 nitrogen and oxygen atoms in total. The highest BCUT2D eigenvalue weighted by Gasteiger charge is 2.30. The van der Waals surface area contributed by atoms with Gasteiger partial charge in [0.25, 0.3) is 5.91 Å². The Bertz CT molecular complexity index is 690. The zero-order chi connectivity index (χ0) is 20.1. The van der Waals surface area contributed by atoms with Gasteiger partial charge in [-0.1, -0.05) is 11.6 Å². The van der Waals surface area contributed by atoms with E-state index in [1.807, 2.05) is 0 Å². The summed E-state index contributed by atoms with van der Waals surface area (Å²) in [5.74, 6) is -0.562. The Balaban J connectivity index is 1.40. The van der Waals surface area contributed by atoms with Gasteiger partial charge in [0, 0.05) is 23.7 Å². The lowest BCUT2D eigenvalue weighted by Crippen LogP contribution is -2.46. The van der Waals surface area contributed by atoms with Gasteiger partial charge < -0.3 is 10.2 Å². The Morgan fingerprint density at radius 2 is 1.89 bits per heavy atom. The van der Waals surface area contributed by atoms with E-state index in [0.717, 1.165) is 44.8 Å². The van der Waals surface area contributed by atoms with Crippen molar-refractivity contribution in [1.29, 1.82) is 0 Å².